The highest BCUT2D eigenvalue weighted by Crippen LogP contribution is 2.29. The van der Waals surface area contributed by atoms with Gasteiger partial charge in [-0.3, -0.25) is 4.79 Å². The highest BCUT2D eigenvalue weighted by molar-refractivity contribution is 7.10. The molecule has 0 fully saturated rings. The Balaban J connectivity index is 1.46. The largest absolute Gasteiger partial charge is 0.485 e. The van der Waals surface area contributed by atoms with E-state index in [9.17, 15) is 4.79 Å². The van der Waals surface area contributed by atoms with E-state index in [1.54, 1.807) is 17.5 Å². The second-order valence-corrected chi connectivity index (χ2v) is 9.41. The number of ether oxygens (including phenoxy) is 1. The third-order valence-electron chi connectivity index (χ3n) is 5.81. The first-order chi connectivity index (χ1) is 16.1. The van der Waals surface area contributed by atoms with Crippen LogP contribution < -0.4 is 15.0 Å². The van der Waals surface area contributed by atoms with Crippen LogP contribution in [0.5, 0.6) is 5.75 Å². The topological polar surface area (TPSA) is 70.6 Å². The number of aromatic nitrogens is 2. The van der Waals surface area contributed by atoms with E-state index < -0.39 is 0 Å². The fraction of sp³-hybridized carbons (Fsp3) is 0.400. The maximum absolute atomic E-state index is 13.2. The number of hydrogen-bond donors (Lipinski definition) is 1. The Hall–Kier alpha value is -2.97. The van der Waals surface area contributed by atoms with Crippen molar-refractivity contribution in [2.75, 3.05) is 31.6 Å². The lowest BCUT2D eigenvalue weighted by Gasteiger charge is -2.27. The molecule has 7 nitrogen and oxygen atoms in total. The van der Waals surface area contributed by atoms with Gasteiger partial charge in [-0.2, -0.15) is 0 Å². The number of anilines is 1. The minimum atomic E-state index is -0.0288. The van der Waals surface area contributed by atoms with Gasteiger partial charge in [0.15, 0.2) is 0 Å². The van der Waals surface area contributed by atoms with Crippen LogP contribution in [-0.2, 0) is 6.54 Å². The summed E-state index contributed by atoms with van der Waals surface area (Å²) in [5.41, 5.74) is 1.63. The van der Waals surface area contributed by atoms with Crippen LogP contribution in [0.15, 0.2) is 54.3 Å². The second kappa shape index (κ2) is 10.8. The minimum Gasteiger partial charge on any atom is -0.485 e. The van der Waals surface area contributed by atoms with Gasteiger partial charge in [-0.25, -0.2) is 9.97 Å². The molecule has 3 heterocycles. The highest BCUT2D eigenvalue weighted by Gasteiger charge is 2.29. The Kier molecular flexibility index (Phi) is 7.57. The standard InChI is InChI=1S/C25H31N5O2S/c1-18(2)30-13-12-29(25(31)21-15-27-17-28-24(21)30)16-19-6-8-20(9-7-19)32-22(10-11-26-3)23-5-4-14-33-23/h4-9,14-15,17-18,22,26H,10-13,16H2,1-3H3/t22-/m0/s1. The van der Waals surface area contributed by atoms with Gasteiger partial charge >= 0.3 is 0 Å². The summed E-state index contributed by atoms with van der Waals surface area (Å²) in [4.78, 5) is 27.0. The number of carbonyl (C=O) groups excluding carboxylic acids is 1. The molecule has 0 saturated heterocycles. The minimum absolute atomic E-state index is 0.0222. The zero-order chi connectivity index (χ0) is 23.2. The summed E-state index contributed by atoms with van der Waals surface area (Å²) in [7, 11) is 1.95. The summed E-state index contributed by atoms with van der Waals surface area (Å²) in [6.07, 6.45) is 4.06. The number of carbonyl (C=O) groups is 1. The van der Waals surface area contributed by atoms with Gasteiger partial charge in [-0.1, -0.05) is 18.2 Å². The number of benzene rings is 1. The van der Waals surface area contributed by atoms with Crippen molar-refractivity contribution in [1.82, 2.24) is 20.2 Å². The van der Waals surface area contributed by atoms with Crippen molar-refractivity contribution in [1.29, 1.82) is 0 Å². The number of hydrogen-bond acceptors (Lipinski definition) is 7. The van der Waals surface area contributed by atoms with E-state index in [0.717, 1.165) is 36.6 Å². The first-order valence-electron chi connectivity index (χ1n) is 11.4. The molecular weight excluding hydrogens is 434 g/mol. The molecule has 33 heavy (non-hydrogen) atoms. The molecule has 0 unspecified atom stereocenters. The summed E-state index contributed by atoms with van der Waals surface area (Å²) in [6, 6.07) is 12.5. The Morgan fingerprint density at radius 1 is 1.18 bits per heavy atom. The van der Waals surface area contributed by atoms with Gasteiger partial charge in [-0.05, 0) is 56.6 Å². The molecule has 3 aromatic rings. The molecule has 174 valence electrons. The van der Waals surface area contributed by atoms with Crippen LogP contribution >= 0.6 is 11.3 Å². The maximum atomic E-state index is 13.2. The highest BCUT2D eigenvalue weighted by atomic mass is 32.1. The van der Waals surface area contributed by atoms with Crippen molar-refractivity contribution < 1.29 is 9.53 Å². The Labute approximate surface area is 199 Å². The molecule has 0 aliphatic carbocycles. The molecule has 1 aliphatic rings. The van der Waals surface area contributed by atoms with Crippen LogP contribution in [0.3, 0.4) is 0 Å². The molecule has 0 bridgehead atoms. The lowest BCUT2D eigenvalue weighted by atomic mass is 10.1. The lowest BCUT2D eigenvalue weighted by molar-refractivity contribution is 0.0754. The van der Waals surface area contributed by atoms with Crippen molar-refractivity contribution in [3.8, 4) is 5.75 Å². The predicted octanol–water partition coefficient (Wildman–Crippen LogP) is 4.14. The molecule has 1 atom stereocenters. The Morgan fingerprint density at radius 3 is 2.70 bits per heavy atom. The van der Waals surface area contributed by atoms with E-state index in [2.05, 4.69) is 51.5 Å². The summed E-state index contributed by atoms with van der Waals surface area (Å²) < 4.78 is 6.30. The van der Waals surface area contributed by atoms with E-state index >= 15 is 0 Å². The van der Waals surface area contributed by atoms with Crippen molar-refractivity contribution in [3.63, 3.8) is 0 Å². The average molecular weight is 466 g/mol. The maximum Gasteiger partial charge on any atom is 0.259 e. The Morgan fingerprint density at radius 2 is 2.00 bits per heavy atom. The van der Waals surface area contributed by atoms with Crippen molar-refractivity contribution in [2.45, 2.75) is 39.0 Å². The van der Waals surface area contributed by atoms with Gasteiger partial charge in [0.2, 0.25) is 0 Å². The van der Waals surface area contributed by atoms with Gasteiger partial charge in [0.1, 0.15) is 29.6 Å². The molecular formula is C25H31N5O2S. The van der Waals surface area contributed by atoms with Gasteiger partial charge in [0.25, 0.3) is 5.91 Å². The molecule has 1 N–H and O–H groups in total. The molecule has 0 saturated carbocycles. The molecule has 0 spiro atoms. The van der Waals surface area contributed by atoms with E-state index in [-0.39, 0.29) is 18.1 Å². The SMILES string of the molecule is CNCC[C@H](Oc1ccc(CN2CCN(C(C)C)c3ncncc3C2=O)cc1)c1cccs1. The van der Waals surface area contributed by atoms with E-state index in [1.165, 1.54) is 11.2 Å². The molecule has 8 heteroatoms. The molecule has 4 rings (SSSR count). The third-order valence-corrected chi connectivity index (χ3v) is 6.77. The number of rotatable bonds is 9. The van der Waals surface area contributed by atoms with Crippen LogP contribution in [0.1, 0.15) is 47.2 Å². The van der Waals surface area contributed by atoms with Crippen LogP contribution in [0.2, 0.25) is 0 Å². The van der Waals surface area contributed by atoms with Crippen LogP contribution in [-0.4, -0.2) is 53.5 Å². The Bertz CT molecular complexity index is 1040. The number of amides is 1. The summed E-state index contributed by atoms with van der Waals surface area (Å²) in [5.74, 6) is 1.52. The first-order valence-corrected chi connectivity index (χ1v) is 12.2. The van der Waals surface area contributed by atoms with Crippen LogP contribution in [0.4, 0.5) is 5.82 Å². The average Bonchev–Trinajstić information content (AvgIpc) is 3.32. The van der Waals surface area contributed by atoms with E-state index in [0.29, 0.717) is 18.7 Å². The quantitative estimate of drug-likeness (QED) is 0.512. The van der Waals surface area contributed by atoms with Crippen molar-refractivity contribution >= 4 is 23.1 Å². The second-order valence-electron chi connectivity index (χ2n) is 8.43. The molecule has 2 aromatic heterocycles. The van der Waals surface area contributed by atoms with Gasteiger partial charge in [0.05, 0.1) is 0 Å². The fourth-order valence-electron chi connectivity index (χ4n) is 4.03. The lowest BCUT2D eigenvalue weighted by Crippen LogP contribution is -2.37. The number of nitrogens with one attached hydrogen (secondary N) is 1. The van der Waals surface area contributed by atoms with Crippen molar-refractivity contribution in [2.24, 2.45) is 0 Å². The normalized spacial score (nSPS) is 14.8. The molecule has 0 radical (unpaired) electrons. The van der Waals surface area contributed by atoms with Crippen molar-refractivity contribution in [3.05, 3.63) is 70.3 Å². The molecule has 1 amide bonds. The predicted molar refractivity (Wildman–Crippen MR) is 132 cm³/mol. The zero-order valence-corrected chi connectivity index (χ0v) is 20.2. The first kappa shape index (κ1) is 23.2. The van der Waals surface area contributed by atoms with E-state index in [1.807, 2.05) is 36.2 Å². The summed E-state index contributed by atoms with van der Waals surface area (Å²) in [5, 5.41) is 5.28. The fourth-order valence-corrected chi connectivity index (χ4v) is 4.82. The zero-order valence-electron chi connectivity index (χ0n) is 19.4. The molecule has 1 aliphatic heterocycles. The summed E-state index contributed by atoms with van der Waals surface area (Å²) >= 11 is 1.71. The third kappa shape index (κ3) is 5.51. The van der Waals surface area contributed by atoms with E-state index in [4.69, 9.17) is 4.74 Å². The van der Waals surface area contributed by atoms with Gasteiger partial charge in [0, 0.05) is 43.2 Å². The van der Waals surface area contributed by atoms with Gasteiger partial charge < -0.3 is 19.9 Å². The van der Waals surface area contributed by atoms with Crippen LogP contribution in [0.25, 0.3) is 0 Å². The van der Waals surface area contributed by atoms with Crippen LogP contribution in [0, 0.1) is 0 Å². The summed E-state index contributed by atoms with van der Waals surface area (Å²) in [6.45, 7) is 7.03. The number of thiophene rings is 1. The molecule has 1 aromatic carbocycles. The number of nitrogens with zero attached hydrogens (tertiary/aromatic N) is 4. The monoisotopic (exact) mass is 465 g/mol. The smallest absolute Gasteiger partial charge is 0.259 e. The number of fused-ring (bicyclic) bond motifs is 1. The van der Waals surface area contributed by atoms with Gasteiger partial charge in [-0.15, -0.1) is 11.3 Å².